The molecule has 0 bridgehead atoms. The molecule has 0 fully saturated rings. The van der Waals surface area contributed by atoms with Crippen LogP contribution in [0.15, 0.2) is 30.3 Å². The zero-order valence-corrected chi connectivity index (χ0v) is 9.53. The molecule has 0 heterocycles. The molecule has 5 heteroatoms. The van der Waals surface area contributed by atoms with E-state index in [0.29, 0.717) is 5.56 Å². The monoisotopic (exact) mass is 229 g/mol. The first-order chi connectivity index (χ1) is 6.90. The van der Waals surface area contributed by atoms with Crippen LogP contribution in [-0.4, -0.2) is 25.8 Å². The lowest BCUT2D eigenvalue weighted by Crippen LogP contribution is -2.36. The predicted molar refractivity (Wildman–Crippen MR) is 58.8 cm³/mol. The Hall–Kier alpha value is -0.910. The Kier molecular flexibility index (Phi) is 3.84. The molecule has 1 aromatic rings. The largest absolute Gasteiger partial charge is 0.387 e. The quantitative estimate of drug-likeness (QED) is 0.797. The van der Waals surface area contributed by atoms with Crippen molar-refractivity contribution in [2.45, 2.75) is 19.1 Å². The maximum atomic E-state index is 11.0. The molecule has 1 rings (SSSR count). The van der Waals surface area contributed by atoms with E-state index < -0.39 is 22.2 Å². The molecule has 0 aliphatic rings. The Balaban J connectivity index is 2.73. The third-order valence-electron chi connectivity index (χ3n) is 2.01. The Labute approximate surface area is 90.0 Å². The van der Waals surface area contributed by atoms with Crippen LogP contribution in [0.3, 0.4) is 0 Å². The van der Waals surface area contributed by atoms with Crippen LogP contribution in [0.4, 0.5) is 0 Å². The number of hydrogen-bond donors (Lipinski definition) is 2. The van der Waals surface area contributed by atoms with Gasteiger partial charge in [0, 0.05) is 6.04 Å². The lowest BCUT2D eigenvalue weighted by atomic mass is 10.0. The van der Waals surface area contributed by atoms with Gasteiger partial charge in [0.05, 0.1) is 12.4 Å². The third-order valence-corrected chi connectivity index (χ3v) is 2.81. The molecule has 2 N–H and O–H groups in total. The summed E-state index contributed by atoms with van der Waals surface area (Å²) in [4.78, 5) is 0. The number of nitrogens with one attached hydrogen (secondary N) is 1. The summed E-state index contributed by atoms with van der Waals surface area (Å²) in [6.07, 6.45) is 0.238. The molecular weight excluding hydrogens is 214 g/mol. The van der Waals surface area contributed by atoms with Crippen molar-refractivity contribution >= 4 is 10.0 Å². The average Bonchev–Trinajstić information content (AvgIpc) is 2.15. The van der Waals surface area contributed by atoms with Crippen molar-refractivity contribution in [3.05, 3.63) is 35.9 Å². The Morgan fingerprint density at radius 2 is 1.80 bits per heavy atom. The van der Waals surface area contributed by atoms with Crippen molar-refractivity contribution in [1.82, 2.24) is 4.72 Å². The van der Waals surface area contributed by atoms with Gasteiger partial charge in [-0.2, -0.15) is 0 Å². The summed E-state index contributed by atoms with van der Waals surface area (Å²) < 4.78 is 24.2. The molecule has 0 spiro atoms. The van der Waals surface area contributed by atoms with E-state index in [9.17, 15) is 13.5 Å². The van der Waals surface area contributed by atoms with Crippen LogP contribution in [0.1, 0.15) is 18.6 Å². The second-order valence-electron chi connectivity index (χ2n) is 3.53. The van der Waals surface area contributed by atoms with Gasteiger partial charge in [-0.05, 0) is 12.5 Å². The fourth-order valence-corrected chi connectivity index (χ4v) is 2.15. The van der Waals surface area contributed by atoms with E-state index in [2.05, 4.69) is 4.72 Å². The Morgan fingerprint density at radius 3 is 2.27 bits per heavy atom. The van der Waals surface area contributed by atoms with Gasteiger partial charge < -0.3 is 5.11 Å². The van der Waals surface area contributed by atoms with Gasteiger partial charge in [-0.15, -0.1) is 0 Å². The third kappa shape index (κ3) is 3.99. The lowest BCUT2D eigenvalue weighted by molar-refractivity contribution is 0.146. The lowest BCUT2D eigenvalue weighted by Gasteiger charge is -2.19. The molecule has 84 valence electrons. The molecular formula is C10H15NO3S. The van der Waals surface area contributed by atoms with E-state index in [0.717, 1.165) is 6.26 Å². The van der Waals surface area contributed by atoms with Crippen molar-refractivity contribution in [2.24, 2.45) is 0 Å². The van der Waals surface area contributed by atoms with E-state index >= 15 is 0 Å². The van der Waals surface area contributed by atoms with E-state index in [1.165, 1.54) is 0 Å². The highest BCUT2D eigenvalue weighted by Gasteiger charge is 2.18. The molecule has 0 aliphatic heterocycles. The standard InChI is InChI=1S/C10H15NO3S/c1-8(11-15(2,13)14)10(12)9-6-4-3-5-7-9/h3-8,10-12H,1-2H3/t8-,10-/m1/s1. The first kappa shape index (κ1) is 12.2. The van der Waals surface area contributed by atoms with Gasteiger partial charge in [0.2, 0.25) is 10.0 Å². The van der Waals surface area contributed by atoms with E-state index in [-0.39, 0.29) is 0 Å². The number of hydrogen-bond acceptors (Lipinski definition) is 3. The number of benzene rings is 1. The van der Waals surface area contributed by atoms with Crippen LogP contribution >= 0.6 is 0 Å². The van der Waals surface area contributed by atoms with Gasteiger partial charge in [0.1, 0.15) is 0 Å². The fourth-order valence-electron chi connectivity index (χ4n) is 1.34. The van der Waals surface area contributed by atoms with Crippen LogP contribution in [-0.2, 0) is 10.0 Å². The minimum Gasteiger partial charge on any atom is -0.387 e. The first-order valence-corrected chi connectivity index (χ1v) is 6.49. The summed E-state index contributed by atoms with van der Waals surface area (Å²) >= 11 is 0. The Morgan fingerprint density at radius 1 is 1.27 bits per heavy atom. The Bertz CT molecular complexity index is 402. The molecule has 15 heavy (non-hydrogen) atoms. The molecule has 0 unspecified atom stereocenters. The number of rotatable bonds is 4. The summed E-state index contributed by atoms with van der Waals surface area (Å²) in [6, 6.07) is 8.40. The highest BCUT2D eigenvalue weighted by molar-refractivity contribution is 7.88. The zero-order chi connectivity index (χ0) is 11.5. The number of aliphatic hydroxyl groups excluding tert-OH is 1. The van der Waals surface area contributed by atoms with Gasteiger partial charge >= 0.3 is 0 Å². The van der Waals surface area contributed by atoms with Gasteiger partial charge in [-0.25, -0.2) is 13.1 Å². The molecule has 1 aromatic carbocycles. The summed E-state index contributed by atoms with van der Waals surface area (Å²) in [5, 5.41) is 9.83. The van der Waals surface area contributed by atoms with Crippen molar-refractivity contribution < 1.29 is 13.5 Å². The molecule has 0 aliphatic carbocycles. The van der Waals surface area contributed by atoms with Gasteiger partial charge in [0.25, 0.3) is 0 Å². The number of sulfonamides is 1. The normalized spacial score (nSPS) is 15.9. The molecule has 2 atom stereocenters. The predicted octanol–water partition coefficient (Wildman–Crippen LogP) is 0.658. The van der Waals surface area contributed by atoms with Crippen LogP contribution in [0.25, 0.3) is 0 Å². The summed E-state index contributed by atoms with van der Waals surface area (Å²) in [5.41, 5.74) is 0.696. The van der Waals surface area contributed by atoms with Crippen molar-refractivity contribution in [3.8, 4) is 0 Å². The highest BCUT2D eigenvalue weighted by Crippen LogP contribution is 2.16. The van der Waals surface area contributed by atoms with Crippen LogP contribution in [0.5, 0.6) is 0 Å². The molecule has 0 saturated heterocycles. The van der Waals surface area contributed by atoms with Gasteiger partial charge in [-0.3, -0.25) is 0 Å². The van der Waals surface area contributed by atoms with Crippen LogP contribution in [0.2, 0.25) is 0 Å². The average molecular weight is 229 g/mol. The van der Waals surface area contributed by atoms with Crippen molar-refractivity contribution in [1.29, 1.82) is 0 Å². The van der Waals surface area contributed by atoms with E-state index in [4.69, 9.17) is 0 Å². The molecule has 4 nitrogen and oxygen atoms in total. The molecule has 0 radical (unpaired) electrons. The maximum absolute atomic E-state index is 11.0. The molecule has 0 amide bonds. The summed E-state index contributed by atoms with van der Waals surface area (Å²) in [6.45, 7) is 1.62. The van der Waals surface area contributed by atoms with Crippen LogP contribution in [0, 0.1) is 0 Å². The van der Waals surface area contributed by atoms with E-state index in [1.807, 2.05) is 6.07 Å². The van der Waals surface area contributed by atoms with Crippen LogP contribution < -0.4 is 4.72 Å². The smallest absolute Gasteiger partial charge is 0.209 e. The van der Waals surface area contributed by atoms with E-state index in [1.54, 1.807) is 31.2 Å². The molecule has 0 aromatic heterocycles. The summed E-state index contributed by atoms with van der Waals surface area (Å²) in [5.74, 6) is 0. The highest BCUT2D eigenvalue weighted by atomic mass is 32.2. The number of aliphatic hydroxyl groups is 1. The van der Waals surface area contributed by atoms with Crippen molar-refractivity contribution in [3.63, 3.8) is 0 Å². The minimum absolute atomic E-state index is 0.539. The maximum Gasteiger partial charge on any atom is 0.209 e. The zero-order valence-electron chi connectivity index (χ0n) is 8.71. The summed E-state index contributed by atoms with van der Waals surface area (Å²) in [7, 11) is -3.29. The van der Waals surface area contributed by atoms with Gasteiger partial charge in [0.15, 0.2) is 0 Å². The fraction of sp³-hybridized carbons (Fsp3) is 0.400. The molecule has 0 saturated carbocycles. The second kappa shape index (κ2) is 4.74. The van der Waals surface area contributed by atoms with Gasteiger partial charge in [-0.1, -0.05) is 30.3 Å². The minimum atomic E-state index is -3.29. The topological polar surface area (TPSA) is 66.4 Å². The van der Waals surface area contributed by atoms with Crippen molar-refractivity contribution in [2.75, 3.05) is 6.26 Å². The first-order valence-electron chi connectivity index (χ1n) is 4.60. The SMILES string of the molecule is C[C@@H](NS(C)(=O)=O)[C@@H](O)c1ccccc1. The second-order valence-corrected chi connectivity index (χ2v) is 5.31.